The summed E-state index contributed by atoms with van der Waals surface area (Å²) in [5.41, 5.74) is 6.04. The van der Waals surface area contributed by atoms with Crippen LogP contribution in [0.3, 0.4) is 0 Å². The number of hydrogen-bond donors (Lipinski definition) is 1. The Labute approximate surface area is 86.6 Å². The van der Waals surface area contributed by atoms with Gasteiger partial charge in [0.25, 0.3) is 0 Å². The minimum Gasteiger partial charge on any atom is -0.379 e. The second kappa shape index (κ2) is 4.79. The van der Waals surface area contributed by atoms with Crippen LogP contribution in [0, 0.1) is 12.3 Å². The fourth-order valence-electron chi connectivity index (χ4n) is 1.75. The van der Waals surface area contributed by atoms with Gasteiger partial charge in [0.2, 0.25) is 0 Å². The van der Waals surface area contributed by atoms with E-state index < -0.39 is 0 Å². The Balaban J connectivity index is 2.57. The average Bonchev–Trinajstić information content (AvgIpc) is 2.19. The molecule has 14 heavy (non-hydrogen) atoms. The van der Waals surface area contributed by atoms with Crippen LogP contribution in [0.5, 0.6) is 0 Å². The summed E-state index contributed by atoms with van der Waals surface area (Å²) in [6.45, 7) is 7.80. The van der Waals surface area contributed by atoms with Gasteiger partial charge >= 0.3 is 0 Å². The van der Waals surface area contributed by atoms with Crippen molar-refractivity contribution < 1.29 is 4.74 Å². The normalized spacial score (nSPS) is 21.6. The molecule has 1 aliphatic heterocycles. The molecule has 0 aromatic heterocycles. The third-order valence-corrected chi connectivity index (χ3v) is 3.07. The average molecular weight is 196 g/mol. The Morgan fingerprint density at radius 3 is 2.57 bits per heavy atom. The van der Waals surface area contributed by atoms with Crippen LogP contribution in [0.15, 0.2) is 0 Å². The molecule has 0 aromatic carbocycles. The monoisotopic (exact) mass is 196 g/mol. The Hall–Kier alpha value is -0.560. The van der Waals surface area contributed by atoms with Crippen molar-refractivity contribution in [2.45, 2.75) is 31.8 Å². The second-order valence-electron chi connectivity index (χ2n) is 4.27. The van der Waals surface area contributed by atoms with E-state index in [1.807, 2.05) is 0 Å². The van der Waals surface area contributed by atoms with Crippen LogP contribution >= 0.6 is 0 Å². The molecule has 1 unspecified atom stereocenters. The Kier molecular flexibility index (Phi) is 3.94. The third kappa shape index (κ3) is 2.48. The van der Waals surface area contributed by atoms with Crippen molar-refractivity contribution in [3.05, 3.63) is 0 Å². The topological polar surface area (TPSA) is 38.5 Å². The number of hydrogen-bond acceptors (Lipinski definition) is 3. The van der Waals surface area contributed by atoms with Crippen LogP contribution in [0.4, 0.5) is 0 Å². The lowest BCUT2D eigenvalue weighted by Crippen LogP contribution is -2.59. The van der Waals surface area contributed by atoms with Crippen molar-refractivity contribution in [3.63, 3.8) is 0 Å². The van der Waals surface area contributed by atoms with Gasteiger partial charge in [-0.1, -0.05) is 0 Å². The fraction of sp³-hybridized carbons (Fsp3) is 0.818. The van der Waals surface area contributed by atoms with Gasteiger partial charge in [0.1, 0.15) is 0 Å². The molecule has 1 saturated heterocycles. The Morgan fingerprint density at radius 2 is 2.07 bits per heavy atom. The number of nitrogens with two attached hydrogens (primary N) is 1. The van der Waals surface area contributed by atoms with E-state index >= 15 is 0 Å². The lowest BCUT2D eigenvalue weighted by molar-refractivity contribution is -0.0181. The standard InChI is InChI=1S/C11H20N2O/c1-4-5-10(12)11(2,3)13-6-8-14-9-7-13/h1,10H,5-9,12H2,2-3H3. The van der Waals surface area contributed by atoms with Gasteiger partial charge in [-0.05, 0) is 13.8 Å². The van der Waals surface area contributed by atoms with Crippen molar-refractivity contribution in [2.24, 2.45) is 5.73 Å². The summed E-state index contributed by atoms with van der Waals surface area (Å²) in [6, 6.07) is 0.0330. The van der Waals surface area contributed by atoms with Gasteiger partial charge in [-0.3, -0.25) is 4.90 Å². The number of morpholine rings is 1. The van der Waals surface area contributed by atoms with Gasteiger partial charge in [0.05, 0.1) is 13.2 Å². The molecule has 0 aliphatic carbocycles. The number of ether oxygens (including phenoxy) is 1. The highest BCUT2D eigenvalue weighted by atomic mass is 16.5. The minimum absolute atomic E-state index is 0.0316. The maximum Gasteiger partial charge on any atom is 0.0594 e. The molecule has 1 fully saturated rings. The first-order valence-electron chi connectivity index (χ1n) is 5.11. The largest absolute Gasteiger partial charge is 0.379 e. The molecule has 1 rings (SSSR count). The van der Waals surface area contributed by atoms with E-state index in [9.17, 15) is 0 Å². The lowest BCUT2D eigenvalue weighted by atomic mass is 9.90. The summed E-state index contributed by atoms with van der Waals surface area (Å²) in [6.07, 6.45) is 5.91. The highest BCUT2D eigenvalue weighted by Gasteiger charge is 2.33. The van der Waals surface area contributed by atoms with Gasteiger partial charge in [0, 0.05) is 31.1 Å². The van der Waals surface area contributed by atoms with Gasteiger partial charge in [-0.2, -0.15) is 0 Å². The predicted molar refractivity (Wildman–Crippen MR) is 57.9 cm³/mol. The van der Waals surface area contributed by atoms with E-state index in [-0.39, 0.29) is 11.6 Å². The SMILES string of the molecule is C#CCC(N)C(C)(C)N1CCOCC1. The fourth-order valence-corrected chi connectivity index (χ4v) is 1.75. The van der Waals surface area contributed by atoms with Crippen LogP contribution < -0.4 is 5.73 Å². The highest BCUT2D eigenvalue weighted by molar-refractivity contribution is 4.99. The van der Waals surface area contributed by atoms with Gasteiger partial charge in [-0.25, -0.2) is 0 Å². The molecule has 0 bridgehead atoms. The van der Waals surface area contributed by atoms with Crippen molar-refractivity contribution >= 4 is 0 Å². The smallest absolute Gasteiger partial charge is 0.0594 e. The molecule has 0 spiro atoms. The maximum atomic E-state index is 6.07. The number of rotatable bonds is 3. The zero-order valence-corrected chi connectivity index (χ0v) is 9.12. The van der Waals surface area contributed by atoms with E-state index in [1.165, 1.54) is 0 Å². The summed E-state index contributed by atoms with van der Waals surface area (Å²) in [5, 5.41) is 0. The van der Waals surface area contributed by atoms with Gasteiger partial charge in [0.15, 0.2) is 0 Å². The van der Waals surface area contributed by atoms with Crippen LogP contribution in [0.25, 0.3) is 0 Å². The molecular weight excluding hydrogens is 176 g/mol. The van der Waals surface area contributed by atoms with E-state index in [0.717, 1.165) is 26.3 Å². The van der Waals surface area contributed by atoms with E-state index in [1.54, 1.807) is 0 Å². The van der Waals surface area contributed by atoms with Crippen LogP contribution in [0.2, 0.25) is 0 Å². The summed E-state index contributed by atoms with van der Waals surface area (Å²) in [7, 11) is 0. The van der Waals surface area contributed by atoms with Crippen molar-refractivity contribution in [2.75, 3.05) is 26.3 Å². The Morgan fingerprint density at radius 1 is 1.50 bits per heavy atom. The van der Waals surface area contributed by atoms with Crippen LogP contribution in [-0.4, -0.2) is 42.8 Å². The third-order valence-electron chi connectivity index (χ3n) is 3.07. The zero-order chi connectivity index (χ0) is 10.6. The minimum atomic E-state index is -0.0316. The second-order valence-corrected chi connectivity index (χ2v) is 4.27. The molecule has 1 aliphatic rings. The molecule has 80 valence electrons. The molecule has 0 radical (unpaired) electrons. The van der Waals surface area contributed by atoms with Crippen molar-refractivity contribution in [1.29, 1.82) is 0 Å². The first-order valence-corrected chi connectivity index (χ1v) is 5.11. The molecule has 3 heteroatoms. The van der Waals surface area contributed by atoms with E-state index in [2.05, 4.69) is 24.7 Å². The summed E-state index contributed by atoms with van der Waals surface area (Å²) in [4.78, 5) is 2.36. The first kappa shape index (κ1) is 11.5. The number of terminal acetylenes is 1. The van der Waals surface area contributed by atoms with Gasteiger partial charge in [-0.15, -0.1) is 12.3 Å². The molecule has 1 atom stereocenters. The predicted octanol–water partition coefficient (Wildman–Crippen LogP) is 0.448. The maximum absolute atomic E-state index is 6.07. The zero-order valence-electron chi connectivity index (χ0n) is 9.12. The molecular formula is C11H20N2O. The number of nitrogens with zero attached hydrogens (tertiary/aromatic N) is 1. The van der Waals surface area contributed by atoms with E-state index in [4.69, 9.17) is 16.9 Å². The molecule has 3 nitrogen and oxygen atoms in total. The molecule has 1 heterocycles. The summed E-state index contributed by atoms with van der Waals surface area (Å²) in [5.74, 6) is 2.63. The van der Waals surface area contributed by atoms with Crippen LogP contribution in [-0.2, 0) is 4.74 Å². The molecule has 0 amide bonds. The van der Waals surface area contributed by atoms with Crippen molar-refractivity contribution in [3.8, 4) is 12.3 Å². The summed E-state index contributed by atoms with van der Waals surface area (Å²) < 4.78 is 5.31. The van der Waals surface area contributed by atoms with Gasteiger partial charge < -0.3 is 10.5 Å². The molecule has 0 saturated carbocycles. The van der Waals surface area contributed by atoms with E-state index in [0.29, 0.717) is 6.42 Å². The highest BCUT2D eigenvalue weighted by Crippen LogP contribution is 2.20. The first-order chi connectivity index (χ1) is 6.59. The summed E-state index contributed by atoms with van der Waals surface area (Å²) >= 11 is 0. The molecule has 2 N–H and O–H groups in total. The Bertz CT molecular complexity index is 214. The quantitative estimate of drug-likeness (QED) is 0.666. The molecule has 0 aromatic rings. The van der Waals surface area contributed by atoms with Crippen LogP contribution in [0.1, 0.15) is 20.3 Å². The van der Waals surface area contributed by atoms with Crippen molar-refractivity contribution in [1.82, 2.24) is 4.90 Å². The lowest BCUT2D eigenvalue weighted by Gasteiger charge is -2.44.